The molecule has 4 N–H and O–H groups in total. The van der Waals surface area contributed by atoms with E-state index in [0.717, 1.165) is 56.1 Å². The molecular weight excluding hydrogens is 488 g/mol. The number of nitrogen functional groups attached to an aromatic ring is 2. The smallest absolute Gasteiger partial charge is 0.876 e. The SMILES string of the molecule is CC(/C=C(/C)[O-])=Nc1c(C)cc(C)c(N)c1C.CC(/C=C(/C)[O-])=Nc1c(C)cc(C)c(N)c1C.[Cu+2]. The fourth-order valence-corrected chi connectivity index (χ4v) is 3.73. The quantitative estimate of drug-likeness (QED) is 0.249. The number of aliphatic imine (C=N–C) groups is 2. The first-order chi connectivity index (χ1) is 15.6. The van der Waals surface area contributed by atoms with Crippen LogP contribution in [0.2, 0.25) is 0 Å². The molecule has 0 aromatic heterocycles. The van der Waals surface area contributed by atoms with Crippen LogP contribution in [0.3, 0.4) is 0 Å². The van der Waals surface area contributed by atoms with Gasteiger partial charge in [-0.3, -0.25) is 9.98 Å². The molecule has 0 spiro atoms. The maximum atomic E-state index is 11.0. The van der Waals surface area contributed by atoms with Crippen molar-refractivity contribution in [1.82, 2.24) is 0 Å². The number of rotatable bonds is 4. The van der Waals surface area contributed by atoms with E-state index in [-0.39, 0.29) is 28.6 Å². The monoisotopic (exact) mass is 525 g/mol. The zero-order valence-electron chi connectivity index (χ0n) is 22.5. The minimum absolute atomic E-state index is 0. The van der Waals surface area contributed by atoms with Crippen LogP contribution in [0.5, 0.6) is 0 Å². The molecule has 0 aliphatic rings. The van der Waals surface area contributed by atoms with E-state index in [1.807, 2.05) is 67.5 Å². The first-order valence-corrected chi connectivity index (χ1v) is 11.2. The zero-order chi connectivity index (χ0) is 26.3. The summed E-state index contributed by atoms with van der Waals surface area (Å²) in [6.45, 7) is 18.5. The maximum Gasteiger partial charge on any atom is 2.00 e. The number of benzene rings is 2. The van der Waals surface area contributed by atoms with Gasteiger partial charge in [-0.2, -0.15) is 0 Å². The van der Waals surface area contributed by atoms with Crippen LogP contribution in [0, 0.1) is 41.5 Å². The van der Waals surface area contributed by atoms with Gasteiger partial charge in [-0.1, -0.05) is 38.1 Å². The fourth-order valence-electron chi connectivity index (χ4n) is 3.73. The van der Waals surface area contributed by atoms with E-state index in [1.54, 1.807) is 0 Å². The van der Waals surface area contributed by atoms with E-state index in [1.165, 1.54) is 26.0 Å². The van der Waals surface area contributed by atoms with Gasteiger partial charge in [-0.15, -0.1) is 11.5 Å². The van der Waals surface area contributed by atoms with Crippen molar-refractivity contribution in [3.8, 4) is 0 Å². The Bertz CT molecular complexity index is 1090. The standard InChI is InChI=1S/2C14H20N2O.Cu/c2*1-8-6-9(2)14(12(5)13(8)15)16-10(3)7-11(4)17;/h2*6-7,17H,15H2,1-5H3;/q;;+2/p-2/b2*11-7-,16-10?;. The van der Waals surface area contributed by atoms with Crippen molar-refractivity contribution in [2.75, 3.05) is 11.5 Å². The van der Waals surface area contributed by atoms with Crippen LogP contribution in [-0.2, 0) is 17.1 Å². The second kappa shape index (κ2) is 13.8. The fraction of sp³-hybridized carbons (Fsp3) is 0.357. The third-order valence-corrected chi connectivity index (χ3v) is 5.38. The third kappa shape index (κ3) is 9.27. The van der Waals surface area contributed by atoms with Gasteiger partial charge in [0.1, 0.15) is 0 Å². The molecule has 2 aromatic rings. The zero-order valence-corrected chi connectivity index (χ0v) is 23.4. The molecule has 0 fully saturated rings. The number of hydrogen-bond acceptors (Lipinski definition) is 6. The summed E-state index contributed by atoms with van der Waals surface area (Å²) in [5.74, 6) is 0.00304. The molecule has 0 amide bonds. The maximum absolute atomic E-state index is 11.0. The van der Waals surface area contributed by atoms with Gasteiger partial charge >= 0.3 is 17.1 Å². The van der Waals surface area contributed by atoms with Crippen molar-refractivity contribution >= 4 is 34.2 Å². The predicted octanol–water partition coefficient (Wildman–Crippen LogP) is 5.10. The molecule has 0 aliphatic carbocycles. The van der Waals surface area contributed by atoms with Gasteiger partial charge < -0.3 is 21.7 Å². The Morgan fingerprint density at radius 2 is 0.914 bits per heavy atom. The van der Waals surface area contributed by atoms with Crippen LogP contribution in [0.1, 0.15) is 61.1 Å². The minimum atomic E-state index is 0. The summed E-state index contributed by atoms with van der Waals surface area (Å²) in [6.07, 6.45) is 3.05. The molecule has 6 nitrogen and oxygen atoms in total. The molecule has 0 aliphatic heterocycles. The van der Waals surface area contributed by atoms with Crippen molar-refractivity contribution in [3.05, 3.63) is 69.2 Å². The summed E-state index contributed by atoms with van der Waals surface area (Å²) < 4.78 is 0. The van der Waals surface area contributed by atoms with Gasteiger partial charge in [0.05, 0.1) is 11.4 Å². The van der Waals surface area contributed by atoms with E-state index in [0.29, 0.717) is 11.4 Å². The first-order valence-electron chi connectivity index (χ1n) is 11.2. The molecule has 35 heavy (non-hydrogen) atoms. The van der Waals surface area contributed by atoms with Crippen molar-refractivity contribution in [1.29, 1.82) is 0 Å². The van der Waals surface area contributed by atoms with Crippen molar-refractivity contribution in [3.63, 3.8) is 0 Å². The number of anilines is 2. The molecule has 0 atom stereocenters. The number of allylic oxidation sites excluding steroid dienone is 4. The van der Waals surface area contributed by atoms with Crippen LogP contribution in [0.4, 0.5) is 22.7 Å². The van der Waals surface area contributed by atoms with Gasteiger partial charge in [-0.25, -0.2) is 0 Å². The van der Waals surface area contributed by atoms with Crippen molar-refractivity contribution in [2.24, 2.45) is 9.98 Å². The Morgan fingerprint density at radius 1 is 0.629 bits per heavy atom. The van der Waals surface area contributed by atoms with Gasteiger partial charge in [-0.05, 0) is 88.8 Å². The second-order valence-corrected chi connectivity index (χ2v) is 8.81. The summed E-state index contributed by atoms with van der Waals surface area (Å²) in [5.41, 5.74) is 22.8. The number of hydrogen-bond donors (Lipinski definition) is 2. The Labute approximate surface area is 221 Å². The van der Waals surface area contributed by atoms with E-state index in [4.69, 9.17) is 11.5 Å². The Morgan fingerprint density at radius 3 is 1.17 bits per heavy atom. The molecule has 193 valence electrons. The molecule has 7 heteroatoms. The number of nitrogens with two attached hydrogens (primary N) is 2. The van der Waals surface area contributed by atoms with E-state index < -0.39 is 0 Å². The molecule has 2 rings (SSSR count). The van der Waals surface area contributed by atoms with Crippen LogP contribution in [-0.4, -0.2) is 11.4 Å². The summed E-state index contributed by atoms with van der Waals surface area (Å²) in [6, 6.07) is 4.03. The predicted molar refractivity (Wildman–Crippen MR) is 143 cm³/mol. The van der Waals surface area contributed by atoms with Crippen LogP contribution in [0.25, 0.3) is 0 Å². The number of nitrogens with zero attached hydrogens (tertiary/aromatic N) is 2. The Balaban J connectivity index is 0.000000642. The van der Waals surface area contributed by atoms with E-state index in [9.17, 15) is 10.2 Å². The first kappa shape index (κ1) is 32.0. The van der Waals surface area contributed by atoms with Crippen LogP contribution < -0.4 is 21.7 Å². The average molecular weight is 526 g/mol. The summed E-state index contributed by atoms with van der Waals surface area (Å²) in [4.78, 5) is 8.92. The Kier molecular flexibility index (Phi) is 12.6. The minimum Gasteiger partial charge on any atom is -0.876 e. The Hall–Kier alpha value is -3.02. The third-order valence-electron chi connectivity index (χ3n) is 5.38. The summed E-state index contributed by atoms with van der Waals surface area (Å²) in [7, 11) is 0. The van der Waals surface area contributed by atoms with E-state index >= 15 is 0 Å². The summed E-state index contributed by atoms with van der Waals surface area (Å²) in [5, 5.41) is 21.9. The molecule has 0 saturated heterocycles. The van der Waals surface area contributed by atoms with Gasteiger partial charge in [0.2, 0.25) is 0 Å². The topological polar surface area (TPSA) is 123 Å². The molecular formula is C28H38CuN4O2. The molecule has 0 unspecified atom stereocenters. The van der Waals surface area contributed by atoms with Crippen LogP contribution >= 0.6 is 0 Å². The average Bonchev–Trinajstić information content (AvgIpc) is 2.70. The molecule has 2 aromatic carbocycles. The van der Waals surface area contributed by atoms with Gasteiger partial charge in [0.25, 0.3) is 0 Å². The van der Waals surface area contributed by atoms with Crippen LogP contribution in [0.15, 0.2) is 45.8 Å². The molecule has 0 bridgehead atoms. The molecule has 0 heterocycles. The van der Waals surface area contributed by atoms with Gasteiger partial charge in [0.15, 0.2) is 0 Å². The summed E-state index contributed by atoms with van der Waals surface area (Å²) >= 11 is 0. The molecule has 0 saturated carbocycles. The largest absolute Gasteiger partial charge is 2.00 e. The second-order valence-electron chi connectivity index (χ2n) is 8.81. The normalized spacial score (nSPS) is 12.6. The van der Waals surface area contributed by atoms with Gasteiger partial charge in [0, 0.05) is 22.8 Å². The van der Waals surface area contributed by atoms with Crippen molar-refractivity contribution in [2.45, 2.75) is 69.2 Å². The molecule has 1 radical (unpaired) electrons. The number of aryl methyl sites for hydroxylation is 4. The van der Waals surface area contributed by atoms with Crippen molar-refractivity contribution < 1.29 is 27.3 Å². The van der Waals surface area contributed by atoms with E-state index in [2.05, 4.69) is 9.98 Å².